The standard InChI is InChI=1S/C15H23NO3/c1-5-19-13-7-6-11(8-10(13)2)12(16)9-15(3,4)14(17)18/h6-8,12H,5,9,16H2,1-4H3,(H,17,18). The van der Waals surface area contributed by atoms with E-state index in [0.717, 1.165) is 16.9 Å². The number of benzene rings is 1. The monoisotopic (exact) mass is 265 g/mol. The molecule has 0 aliphatic heterocycles. The quantitative estimate of drug-likeness (QED) is 0.829. The average Bonchev–Trinajstić information content (AvgIpc) is 2.31. The van der Waals surface area contributed by atoms with Crippen LogP contribution in [0.5, 0.6) is 5.75 Å². The Morgan fingerprint density at radius 2 is 2.11 bits per heavy atom. The lowest BCUT2D eigenvalue weighted by molar-refractivity contribution is -0.147. The van der Waals surface area contributed by atoms with Gasteiger partial charge < -0.3 is 15.6 Å². The smallest absolute Gasteiger partial charge is 0.309 e. The average molecular weight is 265 g/mol. The zero-order valence-electron chi connectivity index (χ0n) is 12.1. The predicted octanol–water partition coefficient (Wildman–Crippen LogP) is 2.89. The lowest BCUT2D eigenvalue weighted by atomic mass is 9.84. The zero-order chi connectivity index (χ0) is 14.6. The maximum absolute atomic E-state index is 11.1. The lowest BCUT2D eigenvalue weighted by Gasteiger charge is -2.24. The lowest BCUT2D eigenvalue weighted by Crippen LogP contribution is -2.28. The Kier molecular flexibility index (Phi) is 4.95. The van der Waals surface area contributed by atoms with E-state index in [-0.39, 0.29) is 6.04 Å². The van der Waals surface area contributed by atoms with Gasteiger partial charge in [-0.15, -0.1) is 0 Å². The summed E-state index contributed by atoms with van der Waals surface area (Å²) in [5.41, 5.74) is 7.24. The van der Waals surface area contributed by atoms with Gasteiger partial charge in [0.2, 0.25) is 0 Å². The first-order chi connectivity index (χ1) is 8.77. The van der Waals surface area contributed by atoms with Crippen LogP contribution in [-0.4, -0.2) is 17.7 Å². The Bertz CT molecular complexity index is 455. The highest BCUT2D eigenvalue weighted by atomic mass is 16.5. The van der Waals surface area contributed by atoms with Gasteiger partial charge in [0.1, 0.15) is 5.75 Å². The van der Waals surface area contributed by atoms with Crippen molar-refractivity contribution in [1.29, 1.82) is 0 Å². The largest absolute Gasteiger partial charge is 0.494 e. The van der Waals surface area contributed by atoms with Crippen LogP contribution in [-0.2, 0) is 4.79 Å². The molecule has 1 aromatic carbocycles. The van der Waals surface area contributed by atoms with Crippen molar-refractivity contribution in [3.05, 3.63) is 29.3 Å². The van der Waals surface area contributed by atoms with Crippen LogP contribution in [0.25, 0.3) is 0 Å². The molecule has 106 valence electrons. The predicted molar refractivity (Wildman–Crippen MR) is 75.3 cm³/mol. The van der Waals surface area contributed by atoms with E-state index in [1.807, 2.05) is 32.0 Å². The van der Waals surface area contributed by atoms with Gasteiger partial charge in [-0.2, -0.15) is 0 Å². The second-order valence-electron chi connectivity index (χ2n) is 5.46. The third kappa shape index (κ3) is 3.96. The van der Waals surface area contributed by atoms with E-state index in [9.17, 15) is 4.79 Å². The number of rotatable bonds is 6. The maximum Gasteiger partial charge on any atom is 0.309 e. The molecule has 0 heterocycles. The summed E-state index contributed by atoms with van der Waals surface area (Å²) in [6.45, 7) is 7.91. The van der Waals surface area contributed by atoms with Crippen molar-refractivity contribution >= 4 is 5.97 Å². The van der Waals surface area contributed by atoms with Gasteiger partial charge in [-0.3, -0.25) is 4.79 Å². The third-order valence-electron chi connectivity index (χ3n) is 3.24. The van der Waals surface area contributed by atoms with Crippen LogP contribution in [0.4, 0.5) is 0 Å². The van der Waals surface area contributed by atoms with Crippen LogP contribution in [0, 0.1) is 12.3 Å². The van der Waals surface area contributed by atoms with Gasteiger partial charge in [0.15, 0.2) is 0 Å². The summed E-state index contributed by atoms with van der Waals surface area (Å²) in [6, 6.07) is 5.47. The van der Waals surface area contributed by atoms with Gasteiger partial charge in [0.25, 0.3) is 0 Å². The van der Waals surface area contributed by atoms with Crippen LogP contribution in [0.2, 0.25) is 0 Å². The molecular formula is C15H23NO3. The molecular weight excluding hydrogens is 242 g/mol. The fraction of sp³-hybridized carbons (Fsp3) is 0.533. The number of aliphatic carboxylic acids is 1. The molecule has 4 nitrogen and oxygen atoms in total. The summed E-state index contributed by atoms with van der Waals surface area (Å²) in [6.07, 6.45) is 0.399. The van der Waals surface area contributed by atoms with Crippen molar-refractivity contribution in [3.8, 4) is 5.75 Å². The molecule has 3 N–H and O–H groups in total. The molecule has 0 saturated carbocycles. The molecule has 0 radical (unpaired) electrons. The summed E-state index contributed by atoms with van der Waals surface area (Å²) in [7, 11) is 0. The van der Waals surface area contributed by atoms with E-state index in [2.05, 4.69) is 0 Å². The first-order valence-corrected chi connectivity index (χ1v) is 6.50. The van der Waals surface area contributed by atoms with E-state index < -0.39 is 11.4 Å². The molecule has 1 rings (SSSR count). The minimum atomic E-state index is -0.828. The summed E-state index contributed by atoms with van der Waals surface area (Å²) in [5.74, 6) is 0.0153. The maximum atomic E-state index is 11.1. The highest BCUT2D eigenvalue weighted by molar-refractivity contribution is 5.73. The number of hydrogen-bond donors (Lipinski definition) is 2. The highest BCUT2D eigenvalue weighted by Crippen LogP contribution is 2.30. The van der Waals surface area contributed by atoms with Crippen molar-refractivity contribution in [2.24, 2.45) is 11.1 Å². The van der Waals surface area contributed by atoms with Gasteiger partial charge in [-0.05, 0) is 51.3 Å². The second kappa shape index (κ2) is 6.06. The summed E-state index contributed by atoms with van der Waals surface area (Å²) in [5, 5.41) is 9.13. The molecule has 0 aliphatic carbocycles. The molecule has 0 spiro atoms. The molecule has 0 aliphatic rings. The molecule has 4 heteroatoms. The third-order valence-corrected chi connectivity index (χ3v) is 3.24. The van der Waals surface area contributed by atoms with Crippen molar-refractivity contribution < 1.29 is 14.6 Å². The van der Waals surface area contributed by atoms with E-state index in [1.54, 1.807) is 13.8 Å². The Hall–Kier alpha value is -1.55. The molecule has 19 heavy (non-hydrogen) atoms. The van der Waals surface area contributed by atoms with E-state index in [1.165, 1.54) is 0 Å². The van der Waals surface area contributed by atoms with E-state index >= 15 is 0 Å². The Balaban J connectivity index is 2.86. The van der Waals surface area contributed by atoms with Gasteiger partial charge in [0.05, 0.1) is 12.0 Å². The first-order valence-electron chi connectivity index (χ1n) is 6.50. The van der Waals surface area contributed by atoms with Crippen LogP contribution < -0.4 is 10.5 Å². The minimum absolute atomic E-state index is 0.291. The molecule has 0 aromatic heterocycles. The number of nitrogens with two attached hydrogens (primary N) is 1. The Morgan fingerprint density at radius 3 is 2.58 bits per heavy atom. The number of carbonyl (C=O) groups is 1. The van der Waals surface area contributed by atoms with Crippen LogP contribution in [0.15, 0.2) is 18.2 Å². The van der Waals surface area contributed by atoms with Crippen LogP contribution in [0.3, 0.4) is 0 Å². The van der Waals surface area contributed by atoms with Crippen LogP contribution in [0.1, 0.15) is 44.4 Å². The number of ether oxygens (including phenoxy) is 1. The zero-order valence-corrected chi connectivity index (χ0v) is 12.1. The molecule has 1 aromatic rings. The SMILES string of the molecule is CCOc1ccc(C(N)CC(C)(C)C(=O)O)cc1C. The summed E-state index contributed by atoms with van der Waals surface area (Å²) < 4.78 is 5.48. The van der Waals surface area contributed by atoms with Gasteiger partial charge in [0, 0.05) is 6.04 Å². The molecule has 0 bridgehead atoms. The molecule has 1 unspecified atom stereocenters. The van der Waals surface area contributed by atoms with Crippen molar-refractivity contribution in [2.75, 3.05) is 6.61 Å². The highest BCUT2D eigenvalue weighted by Gasteiger charge is 2.30. The number of hydrogen-bond acceptors (Lipinski definition) is 3. The minimum Gasteiger partial charge on any atom is -0.494 e. The van der Waals surface area contributed by atoms with Gasteiger partial charge in [-0.1, -0.05) is 12.1 Å². The number of carboxylic acid groups (broad SMARTS) is 1. The van der Waals surface area contributed by atoms with Crippen molar-refractivity contribution in [3.63, 3.8) is 0 Å². The summed E-state index contributed by atoms with van der Waals surface area (Å²) >= 11 is 0. The van der Waals surface area contributed by atoms with Gasteiger partial charge >= 0.3 is 5.97 Å². The molecule has 0 fully saturated rings. The second-order valence-corrected chi connectivity index (χ2v) is 5.46. The van der Waals surface area contributed by atoms with E-state index in [0.29, 0.717) is 13.0 Å². The fourth-order valence-corrected chi connectivity index (χ4v) is 1.98. The molecule has 0 amide bonds. The van der Waals surface area contributed by atoms with Crippen molar-refractivity contribution in [1.82, 2.24) is 0 Å². The van der Waals surface area contributed by atoms with Crippen molar-refractivity contribution in [2.45, 2.75) is 40.2 Å². The Morgan fingerprint density at radius 1 is 1.47 bits per heavy atom. The first kappa shape index (κ1) is 15.5. The number of aryl methyl sites for hydroxylation is 1. The number of carboxylic acids is 1. The summed E-state index contributed by atoms with van der Waals surface area (Å²) in [4.78, 5) is 11.1. The van der Waals surface area contributed by atoms with Gasteiger partial charge in [-0.25, -0.2) is 0 Å². The topological polar surface area (TPSA) is 72.5 Å². The molecule has 1 atom stereocenters. The van der Waals surface area contributed by atoms with E-state index in [4.69, 9.17) is 15.6 Å². The molecule has 0 saturated heterocycles. The fourth-order valence-electron chi connectivity index (χ4n) is 1.98. The van der Waals surface area contributed by atoms with Crippen LogP contribution >= 0.6 is 0 Å². The normalized spacial score (nSPS) is 13.1. The Labute approximate surface area is 114 Å².